The van der Waals surface area contributed by atoms with E-state index in [0.29, 0.717) is 12.6 Å². The van der Waals surface area contributed by atoms with Crippen LogP contribution in [0.4, 0.5) is 0 Å². The van der Waals surface area contributed by atoms with Gasteiger partial charge < -0.3 is 10.6 Å². The minimum Gasteiger partial charge on any atom is -0.334 e. The van der Waals surface area contributed by atoms with Crippen molar-refractivity contribution in [3.8, 4) is 0 Å². The minimum atomic E-state index is -0.400. The summed E-state index contributed by atoms with van der Waals surface area (Å²) in [5, 5.41) is 0. The first-order valence-electron chi connectivity index (χ1n) is 6.80. The molecule has 19 heavy (non-hydrogen) atoms. The molecule has 0 aliphatic heterocycles. The zero-order valence-corrected chi connectivity index (χ0v) is 13.1. The van der Waals surface area contributed by atoms with Crippen molar-refractivity contribution >= 4 is 21.8 Å². The highest BCUT2D eigenvalue weighted by atomic mass is 79.9. The summed E-state index contributed by atoms with van der Waals surface area (Å²) in [6.07, 6.45) is 2.20. The fourth-order valence-corrected chi connectivity index (χ4v) is 2.47. The second-order valence-corrected chi connectivity index (χ2v) is 6.41. The Balaban J connectivity index is 2.13. The van der Waals surface area contributed by atoms with Crippen LogP contribution in [0.1, 0.15) is 32.3 Å². The molecular formula is C15H21BrN2O. The van der Waals surface area contributed by atoms with Crippen LogP contribution in [0, 0.1) is 5.92 Å². The van der Waals surface area contributed by atoms with Crippen LogP contribution < -0.4 is 5.73 Å². The molecule has 1 aromatic carbocycles. The van der Waals surface area contributed by atoms with Crippen molar-refractivity contribution in [3.05, 3.63) is 34.3 Å². The van der Waals surface area contributed by atoms with E-state index in [1.165, 1.54) is 0 Å². The number of rotatable bonds is 5. The molecule has 1 aliphatic carbocycles. The lowest BCUT2D eigenvalue weighted by Crippen LogP contribution is -2.47. The molecule has 1 aliphatic rings. The Morgan fingerprint density at radius 1 is 1.42 bits per heavy atom. The van der Waals surface area contributed by atoms with Gasteiger partial charge in [0.1, 0.15) is 0 Å². The van der Waals surface area contributed by atoms with E-state index < -0.39 is 6.04 Å². The maximum atomic E-state index is 12.5. The Morgan fingerprint density at radius 2 is 2.05 bits per heavy atom. The van der Waals surface area contributed by atoms with Gasteiger partial charge in [-0.1, -0.05) is 48.0 Å². The van der Waals surface area contributed by atoms with Crippen LogP contribution in [-0.4, -0.2) is 22.9 Å². The number of nitrogens with two attached hydrogens (primary N) is 1. The third-order valence-electron chi connectivity index (χ3n) is 3.57. The van der Waals surface area contributed by atoms with Crippen LogP contribution in [0.25, 0.3) is 0 Å². The average molecular weight is 325 g/mol. The maximum absolute atomic E-state index is 12.5. The van der Waals surface area contributed by atoms with Crippen molar-refractivity contribution < 1.29 is 4.79 Å². The highest BCUT2D eigenvalue weighted by Crippen LogP contribution is 2.30. The smallest absolute Gasteiger partial charge is 0.240 e. The molecular weight excluding hydrogens is 304 g/mol. The van der Waals surface area contributed by atoms with Gasteiger partial charge in [0.15, 0.2) is 0 Å². The number of carbonyl (C=O) groups is 1. The third kappa shape index (κ3) is 3.57. The zero-order chi connectivity index (χ0) is 14.0. The first-order valence-corrected chi connectivity index (χ1v) is 7.59. The van der Waals surface area contributed by atoms with E-state index in [0.717, 1.165) is 22.9 Å². The lowest BCUT2D eigenvalue weighted by molar-refractivity contribution is -0.134. The molecule has 0 heterocycles. The highest BCUT2D eigenvalue weighted by molar-refractivity contribution is 9.10. The van der Waals surface area contributed by atoms with Crippen molar-refractivity contribution in [1.29, 1.82) is 0 Å². The fraction of sp³-hybridized carbons (Fsp3) is 0.533. The molecule has 3 nitrogen and oxygen atoms in total. The SMILES string of the molecule is CC(C)[C@@H](N)C(=O)N(Cc1ccccc1Br)C1CC1. The first-order chi connectivity index (χ1) is 9.00. The predicted molar refractivity (Wildman–Crippen MR) is 80.5 cm³/mol. The number of amides is 1. The first kappa shape index (κ1) is 14.5. The van der Waals surface area contributed by atoms with Crippen LogP contribution in [0.5, 0.6) is 0 Å². The fourth-order valence-electron chi connectivity index (χ4n) is 2.06. The number of nitrogens with zero attached hydrogens (tertiary/aromatic N) is 1. The minimum absolute atomic E-state index is 0.0771. The Labute approximate surface area is 123 Å². The Morgan fingerprint density at radius 3 is 2.58 bits per heavy atom. The molecule has 0 aromatic heterocycles. The molecule has 0 unspecified atom stereocenters. The van der Waals surface area contributed by atoms with Gasteiger partial charge in [-0.25, -0.2) is 0 Å². The third-order valence-corrected chi connectivity index (χ3v) is 4.35. The molecule has 0 radical (unpaired) electrons. The zero-order valence-electron chi connectivity index (χ0n) is 11.5. The summed E-state index contributed by atoms with van der Waals surface area (Å²) in [5.41, 5.74) is 7.15. The van der Waals surface area contributed by atoms with Gasteiger partial charge in [0, 0.05) is 17.1 Å². The molecule has 104 valence electrons. The normalized spacial score (nSPS) is 16.5. The van der Waals surface area contributed by atoms with Crippen LogP contribution in [-0.2, 0) is 11.3 Å². The molecule has 2 rings (SSSR count). The highest BCUT2D eigenvalue weighted by Gasteiger charge is 2.35. The van der Waals surface area contributed by atoms with Crippen LogP contribution >= 0.6 is 15.9 Å². The lowest BCUT2D eigenvalue weighted by atomic mass is 10.0. The average Bonchev–Trinajstić information content (AvgIpc) is 3.20. The Kier molecular flexibility index (Phi) is 4.63. The largest absolute Gasteiger partial charge is 0.334 e. The molecule has 1 saturated carbocycles. The second-order valence-electron chi connectivity index (χ2n) is 5.56. The molecule has 1 fully saturated rings. The summed E-state index contributed by atoms with van der Waals surface area (Å²) in [6.45, 7) is 4.63. The van der Waals surface area contributed by atoms with Crippen molar-refractivity contribution in [2.75, 3.05) is 0 Å². The number of hydrogen-bond acceptors (Lipinski definition) is 2. The van der Waals surface area contributed by atoms with Gasteiger partial charge >= 0.3 is 0 Å². The van der Waals surface area contributed by atoms with Crippen LogP contribution in [0.2, 0.25) is 0 Å². The van der Waals surface area contributed by atoms with E-state index in [4.69, 9.17) is 5.73 Å². The molecule has 1 aromatic rings. The number of carbonyl (C=O) groups excluding carboxylic acids is 1. The number of halogens is 1. The van der Waals surface area contributed by atoms with E-state index in [9.17, 15) is 4.79 Å². The van der Waals surface area contributed by atoms with Gasteiger partial charge in [-0.15, -0.1) is 0 Å². The van der Waals surface area contributed by atoms with E-state index in [1.807, 2.05) is 43.0 Å². The van der Waals surface area contributed by atoms with Crippen molar-refractivity contribution in [2.45, 2.75) is 45.3 Å². The van der Waals surface area contributed by atoms with Crippen molar-refractivity contribution in [2.24, 2.45) is 11.7 Å². The van der Waals surface area contributed by atoms with E-state index in [-0.39, 0.29) is 11.8 Å². The van der Waals surface area contributed by atoms with Gasteiger partial charge in [-0.05, 0) is 30.4 Å². The molecule has 1 atom stereocenters. The second kappa shape index (κ2) is 6.06. The molecule has 1 amide bonds. The van der Waals surface area contributed by atoms with Gasteiger partial charge in [0.25, 0.3) is 0 Å². The summed E-state index contributed by atoms with van der Waals surface area (Å²) < 4.78 is 1.05. The van der Waals surface area contributed by atoms with Gasteiger partial charge in [-0.2, -0.15) is 0 Å². The quantitative estimate of drug-likeness (QED) is 0.905. The van der Waals surface area contributed by atoms with Gasteiger partial charge in [0.05, 0.1) is 6.04 Å². The maximum Gasteiger partial charge on any atom is 0.240 e. The topological polar surface area (TPSA) is 46.3 Å². The molecule has 0 saturated heterocycles. The van der Waals surface area contributed by atoms with Gasteiger partial charge in [0.2, 0.25) is 5.91 Å². The summed E-state index contributed by atoms with van der Waals surface area (Å²) in [6, 6.07) is 8.02. The van der Waals surface area contributed by atoms with Crippen LogP contribution in [0.3, 0.4) is 0 Å². The summed E-state index contributed by atoms with van der Waals surface area (Å²) >= 11 is 3.54. The van der Waals surface area contributed by atoms with Crippen molar-refractivity contribution in [3.63, 3.8) is 0 Å². The van der Waals surface area contributed by atoms with E-state index in [2.05, 4.69) is 15.9 Å². The molecule has 2 N–H and O–H groups in total. The predicted octanol–water partition coefficient (Wildman–Crippen LogP) is 2.92. The van der Waals surface area contributed by atoms with Crippen molar-refractivity contribution in [1.82, 2.24) is 4.90 Å². The molecule has 4 heteroatoms. The monoisotopic (exact) mass is 324 g/mol. The Bertz CT molecular complexity index is 457. The molecule has 0 spiro atoms. The summed E-state index contributed by atoms with van der Waals surface area (Å²) in [7, 11) is 0. The standard InChI is InChI=1S/C15H21BrN2O/c1-10(2)14(17)15(19)18(12-7-8-12)9-11-5-3-4-6-13(11)16/h3-6,10,12,14H,7-9,17H2,1-2H3/t14-/m1/s1. The summed E-state index contributed by atoms with van der Waals surface area (Å²) in [4.78, 5) is 14.4. The lowest BCUT2D eigenvalue weighted by Gasteiger charge is -2.27. The number of hydrogen-bond donors (Lipinski definition) is 1. The number of benzene rings is 1. The summed E-state index contributed by atoms with van der Waals surface area (Å²) in [5.74, 6) is 0.251. The van der Waals surface area contributed by atoms with Gasteiger partial charge in [-0.3, -0.25) is 4.79 Å². The van der Waals surface area contributed by atoms with E-state index in [1.54, 1.807) is 0 Å². The Hall–Kier alpha value is -0.870. The molecule has 0 bridgehead atoms. The van der Waals surface area contributed by atoms with Crippen LogP contribution in [0.15, 0.2) is 28.7 Å². The van der Waals surface area contributed by atoms with E-state index >= 15 is 0 Å².